The molecule has 28 heavy (non-hydrogen) atoms. The molecule has 8 nitrogen and oxygen atoms in total. The number of carbonyl (C=O) groups is 3. The van der Waals surface area contributed by atoms with Gasteiger partial charge in [-0.05, 0) is 55.3 Å². The molecule has 1 saturated heterocycles. The van der Waals surface area contributed by atoms with Crippen LogP contribution in [0.1, 0.15) is 23.2 Å². The number of carboxylic acid groups (broad SMARTS) is 1. The van der Waals surface area contributed by atoms with Crippen molar-refractivity contribution in [3.8, 4) is 5.75 Å². The molecular formula is C20H20N2O6. The summed E-state index contributed by atoms with van der Waals surface area (Å²) >= 11 is 0. The fourth-order valence-electron chi connectivity index (χ4n) is 2.72. The highest BCUT2D eigenvalue weighted by Gasteiger charge is 2.23. The van der Waals surface area contributed by atoms with Crippen LogP contribution in [0.25, 0.3) is 0 Å². The lowest BCUT2D eigenvalue weighted by Crippen LogP contribution is -2.26. The molecule has 1 unspecified atom stereocenters. The number of amides is 2. The van der Waals surface area contributed by atoms with Crippen LogP contribution in [-0.2, 0) is 14.3 Å². The minimum absolute atomic E-state index is 0.174. The van der Waals surface area contributed by atoms with Gasteiger partial charge >= 0.3 is 5.97 Å². The van der Waals surface area contributed by atoms with Gasteiger partial charge in [-0.25, -0.2) is 4.79 Å². The zero-order valence-electron chi connectivity index (χ0n) is 15.0. The van der Waals surface area contributed by atoms with Gasteiger partial charge in [0, 0.05) is 23.5 Å². The van der Waals surface area contributed by atoms with E-state index in [-0.39, 0.29) is 11.8 Å². The first-order valence-corrected chi connectivity index (χ1v) is 8.80. The molecular weight excluding hydrogens is 364 g/mol. The molecule has 2 amide bonds. The van der Waals surface area contributed by atoms with Crippen molar-refractivity contribution in [1.29, 1.82) is 0 Å². The van der Waals surface area contributed by atoms with Crippen molar-refractivity contribution in [2.24, 2.45) is 0 Å². The second kappa shape index (κ2) is 9.01. The van der Waals surface area contributed by atoms with Crippen LogP contribution < -0.4 is 15.4 Å². The molecule has 1 fully saturated rings. The summed E-state index contributed by atoms with van der Waals surface area (Å²) in [5.74, 6) is -1.34. The van der Waals surface area contributed by atoms with Gasteiger partial charge in [0.05, 0.1) is 0 Å². The zero-order valence-corrected chi connectivity index (χ0v) is 15.0. The van der Waals surface area contributed by atoms with Crippen molar-refractivity contribution in [3.63, 3.8) is 0 Å². The quantitative estimate of drug-likeness (QED) is 0.676. The van der Waals surface area contributed by atoms with Crippen LogP contribution in [0.15, 0.2) is 48.5 Å². The normalized spacial score (nSPS) is 15.6. The molecule has 8 heteroatoms. The Morgan fingerprint density at radius 3 is 2.43 bits per heavy atom. The lowest BCUT2D eigenvalue weighted by molar-refractivity contribution is -0.139. The van der Waals surface area contributed by atoms with Crippen molar-refractivity contribution < 1.29 is 29.0 Å². The maximum Gasteiger partial charge on any atom is 0.341 e. The van der Waals surface area contributed by atoms with E-state index in [1.54, 1.807) is 42.5 Å². The van der Waals surface area contributed by atoms with Gasteiger partial charge in [0.2, 0.25) is 0 Å². The van der Waals surface area contributed by atoms with Gasteiger partial charge in [0.15, 0.2) is 6.61 Å². The van der Waals surface area contributed by atoms with Crippen LogP contribution in [0, 0.1) is 0 Å². The first kappa shape index (κ1) is 19.4. The SMILES string of the molecule is O=C(O)COc1cccc(C(=O)Nc2ccc(NC(=O)C3CCCO3)cc2)c1. The van der Waals surface area contributed by atoms with E-state index < -0.39 is 18.7 Å². The summed E-state index contributed by atoms with van der Waals surface area (Å²) in [6.07, 6.45) is 1.19. The summed E-state index contributed by atoms with van der Waals surface area (Å²) in [5, 5.41) is 14.2. The number of anilines is 2. The van der Waals surface area contributed by atoms with Crippen LogP contribution in [0.4, 0.5) is 11.4 Å². The van der Waals surface area contributed by atoms with Gasteiger partial charge in [-0.1, -0.05) is 6.07 Å². The maximum atomic E-state index is 12.4. The molecule has 1 atom stereocenters. The summed E-state index contributed by atoms with van der Waals surface area (Å²) < 4.78 is 10.4. The Labute approximate surface area is 161 Å². The first-order chi connectivity index (χ1) is 13.5. The number of rotatable bonds is 7. The highest BCUT2D eigenvalue weighted by atomic mass is 16.5. The van der Waals surface area contributed by atoms with E-state index in [1.807, 2.05) is 0 Å². The smallest absolute Gasteiger partial charge is 0.341 e. The minimum Gasteiger partial charge on any atom is -0.482 e. The fraction of sp³-hybridized carbons (Fsp3) is 0.250. The third-order valence-electron chi connectivity index (χ3n) is 4.09. The summed E-state index contributed by atoms with van der Waals surface area (Å²) in [5.41, 5.74) is 1.50. The average molecular weight is 384 g/mol. The van der Waals surface area contributed by atoms with Gasteiger partial charge < -0.3 is 25.2 Å². The molecule has 3 rings (SSSR count). The molecule has 0 bridgehead atoms. The van der Waals surface area contributed by atoms with E-state index in [1.165, 1.54) is 6.07 Å². The molecule has 1 aliphatic rings. The monoisotopic (exact) mass is 384 g/mol. The molecule has 2 aromatic rings. The van der Waals surface area contributed by atoms with Gasteiger partial charge in [0.1, 0.15) is 11.9 Å². The predicted octanol–water partition coefficient (Wildman–Crippen LogP) is 2.52. The van der Waals surface area contributed by atoms with Crippen molar-refractivity contribution in [3.05, 3.63) is 54.1 Å². The van der Waals surface area contributed by atoms with Crippen LogP contribution in [-0.4, -0.2) is 42.2 Å². The number of ether oxygens (including phenoxy) is 2. The number of carboxylic acids is 1. The molecule has 0 radical (unpaired) electrons. The lowest BCUT2D eigenvalue weighted by Gasteiger charge is -2.11. The third kappa shape index (κ3) is 5.31. The summed E-state index contributed by atoms with van der Waals surface area (Å²) in [6.45, 7) is 0.121. The number of benzene rings is 2. The van der Waals surface area contributed by atoms with Gasteiger partial charge in [0.25, 0.3) is 11.8 Å². The van der Waals surface area contributed by atoms with Crippen molar-refractivity contribution in [1.82, 2.24) is 0 Å². The van der Waals surface area contributed by atoms with E-state index in [2.05, 4.69) is 10.6 Å². The number of carbonyl (C=O) groups excluding carboxylic acids is 2. The second-order valence-electron chi connectivity index (χ2n) is 6.23. The Morgan fingerprint density at radius 2 is 1.79 bits per heavy atom. The summed E-state index contributed by atoms with van der Waals surface area (Å²) in [7, 11) is 0. The topological polar surface area (TPSA) is 114 Å². The number of aliphatic carboxylic acids is 1. The molecule has 0 spiro atoms. The van der Waals surface area contributed by atoms with E-state index in [9.17, 15) is 14.4 Å². The maximum absolute atomic E-state index is 12.4. The van der Waals surface area contributed by atoms with Crippen molar-refractivity contribution >= 4 is 29.2 Å². The second-order valence-corrected chi connectivity index (χ2v) is 6.23. The number of hydrogen-bond acceptors (Lipinski definition) is 5. The Kier molecular flexibility index (Phi) is 6.23. The fourth-order valence-corrected chi connectivity index (χ4v) is 2.72. The van der Waals surface area contributed by atoms with Crippen LogP contribution in [0.2, 0.25) is 0 Å². The minimum atomic E-state index is -1.10. The van der Waals surface area contributed by atoms with Gasteiger partial charge in [-0.15, -0.1) is 0 Å². The van der Waals surface area contributed by atoms with Crippen molar-refractivity contribution in [2.45, 2.75) is 18.9 Å². The first-order valence-electron chi connectivity index (χ1n) is 8.80. The standard InChI is InChI=1S/C20H20N2O6/c23-18(24)12-28-16-4-1-3-13(11-16)19(25)21-14-6-8-15(9-7-14)22-20(26)17-5-2-10-27-17/h1,3-4,6-9,11,17H,2,5,10,12H2,(H,21,25)(H,22,26)(H,23,24). The van der Waals surface area contributed by atoms with Crippen LogP contribution >= 0.6 is 0 Å². The third-order valence-corrected chi connectivity index (χ3v) is 4.09. The average Bonchev–Trinajstić information content (AvgIpc) is 3.23. The molecule has 1 aliphatic heterocycles. The van der Waals surface area contributed by atoms with Crippen molar-refractivity contribution in [2.75, 3.05) is 23.8 Å². The number of hydrogen-bond donors (Lipinski definition) is 3. The highest BCUT2D eigenvalue weighted by molar-refractivity contribution is 6.04. The highest BCUT2D eigenvalue weighted by Crippen LogP contribution is 2.19. The molecule has 0 saturated carbocycles. The predicted molar refractivity (Wildman–Crippen MR) is 102 cm³/mol. The summed E-state index contributed by atoms with van der Waals surface area (Å²) in [4.78, 5) is 35.0. The van der Waals surface area contributed by atoms with Crippen LogP contribution in [0.3, 0.4) is 0 Å². The number of nitrogens with one attached hydrogen (secondary N) is 2. The van der Waals surface area contributed by atoms with E-state index >= 15 is 0 Å². The van der Waals surface area contributed by atoms with Crippen LogP contribution in [0.5, 0.6) is 5.75 Å². The molecule has 0 aromatic heterocycles. The molecule has 146 valence electrons. The largest absolute Gasteiger partial charge is 0.482 e. The molecule has 2 aromatic carbocycles. The Morgan fingerprint density at radius 1 is 1.07 bits per heavy atom. The van der Waals surface area contributed by atoms with E-state index in [4.69, 9.17) is 14.6 Å². The Hall–Kier alpha value is -3.39. The molecule has 1 heterocycles. The van der Waals surface area contributed by atoms with Gasteiger partial charge in [-0.2, -0.15) is 0 Å². The van der Waals surface area contributed by atoms with E-state index in [0.717, 1.165) is 12.8 Å². The Bertz CT molecular complexity index is 859. The lowest BCUT2D eigenvalue weighted by atomic mass is 10.2. The van der Waals surface area contributed by atoms with Gasteiger partial charge in [-0.3, -0.25) is 9.59 Å². The molecule has 3 N–H and O–H groups in total. The van der Waals surface area contributed by atoms with E-state index in [0.29, 0.717) is 29.3 Å². The molecule has 0 aliphatic carbocycles. The summed E-state index contributed by atoms with van der Waals surface area (Å²) in [6, 6.07) is 13.0. The zero-order chi connectivity index (χ0) is 19.9. The Balaban J connectivity index is 1.57.